The topological polar surface area (TPSA) is 52.3 Å². The van der Waals surface area contributed by atoms with Crippen LogP contribution in [-0.4, -0.2) is 36.0 Å². The molecule has 1 spiro atoms. The molecule has 104 valence electrons. The van der Waals surface area contributed by atoms with Crippen LogP contribution < -0.4 is 5.73 Å². The third-order valence-electron chi connectivity index (χ3n) is 4.39. The van der Waals surface area contributed by atoms with Crippen LogP contribution in [0.2, 0.25) is 0 Å². The highest BCUT2D eigenvalue weighted by Gasteiger charge is 2.43. The number of nitrogens with two attached hydrogens (primary N) is 1. The lowest BCUT2D eigenvalue weighted by Crippen LogP contribution is -2.44. The molecule has 2 aliphatic rings. The third-order valence-corrected chi connectivity index (χ3v) is 5.61. The van der Waals surface area contributed by atoms with Gasteiger partial charge in [-0.1, -0.05) is 13.8 Å². The van der Waals surface area contributed by atoms with Crippen molar-refractivity contribution >= 4 is 17.5 Å². The highest BCUT2D eigenvalue weighted by molar-refractivity contribution is 7.99. The Bertz CT molecular complexity index is 300. The summed E-state index contributed by atoms with van der Waals surface area (Å²) in [5.74, 6) is 3.16. The number of rotatable bonds is 4. The van der Waals surface area contributed by atoms with Gasteiger partial charge in [-0.05, 0) is 30.9 Å². The molecule has 2 rings (SSSR count). The van der Waals surface area contributed by atoms with Gasteiger partial charge in [-0.25, -0.2) is 0 Å². The first-order valence-corrected chi connectivity index (χ1v) is 8.19. The summed E-state index contributed by atoms with van der Waals surface area (Å²) in [7, 11) is 0. The van der Waals surface area contributed by atoms with E-state index in [1.54, 1.807) is 0 Å². The van der Waals surface area contributed by atoms with Crippen LogP contribution in [0.15, 0.2) is 0 Å². The van der Waals surface area contributed by atoms with E-state index < -0.39 is 0 Å². The van der Waals surface area contributed by atoms with Gasteiger partial charge in [0.15, 0.2) is 0 Å². The SMILES string of the molecule is CC(C)C(CN)C(=O)C1CCOC2(CCSC2)C1. The Morgan fingerprint density at radius 2 is 2.33 bits per heavy atom. The minimum absolute atomic E-state index is 0.000624. The number of hydrogen-bond acceptors (Lipinski definition) is 4. The van der Waals surface area contributed by atoms with Crippen LogP contribution in [-0.2, 0) is 9.53 Å². The summed E-state index contributed by atoms with van der Waals surface area (Å²) in [5.41, 5.74) is 5.77. The van der Waals surface area contributed by atoms with Crippen molar-refractivity contribution in [2.45, 2.75) is 38.7 Å². The molecule has 3 atom stereocenters. The first-order valence-electron chi connectivity index (χ1n) is 7.03. The van der Waals surface area contributed by atoms with E-state index in [4.69, 9.17) is 10.5 Å². The number of hydrogen-bond donors (Lipinski definition) is 1. The zero-order chi connectivity index (χ0) is 13.2. The molecule has 0 radical (unpaired) electrons. The Morgan fingerprint density at radius 1 is 1.56 bits per heavy atom. The second-order valence-electron chi connectivity index (χ2n) is 6.01. The van der Waals surface area contributed by atoms with Crippen molar-refractivity contribution in [3.05, 3.63) is 0 Å². The third kappa shape index (κ3) is 2.91. The Morgan fingerprint density at radius 3 is 2.89 bits per heavy atom. The standard InChI is InChI=1S/C14H25NO2S/c1-10(2)12(8-15)13(16)11-3-5-17-14(7-11)4-6-18-9-14/h10-12H,3-9,15H2,1-2H3. The van der Waals surface area contributed by atoms with Crippen molar-refractivity contribution in [2.24, 2.45) is 23.5 Å². The van der Waals surface area contributed by atoms with Crippen LogP contribution in [0.4, 0.5) is 0 Å². The van der Waals surface area contributed by atoms with Crippen LogP contribution in [0.3, 0.4) is 0 Å². The van der Waals surface area contributed by atoms with Gasteiger partial charge < -0.3 is 10.5 Å². The van der Waals surface area contributed by atoms with Crippen LogP contribution >= 0.6 is 11.8 Å². The maximum Gasteiger partial charge on any atom is 0.140 e. The van der Waals surface area contributed by atoms with E-state index in [0.29, 0.717) is 18.2 Å². The molecule has 4 heteroatoms. The minimum Gasteiger partial charge on any atom is -0.374 e. The largest absolute Gasteiger partial charge is 0.374 e. The van der Waals surface area contributed by atoms with E-state index in [2.05, 4.69) is 13.8 Å². The highest BCUT2D eigenvalue weighted by Crippen LogP contribution is 2.41. The molecule has 2 saturated heterocycles. The average Bonchev–Trinajstić information content (AvgIpc) is 2.77. The minimum atomic E-state index is -0.000624. The smallest absolute Gasteiger partial charge is 0.140 e. The second kappa shape index (κ2) is 5.93. The fraction of sp³-hybridized carbons (Fsp3) is 0.929. The van der Waals surface area contributed by atoms with Crippen LogP contribution in [0.5, 0.6) is 0 Å². The zero-order valence-electron chi connectivity index (χ0n) is 11.5. The molecule has 0 aromatic rings. The van der Waals surface area contributed by atoms with Gasteiger partial charge in [0, 0.05) is 30.7 Å². The monoisotopic (exact) mass is 271 g/mol. The lowest BCUT2D eigenvalue weighted by molar-refractivity contribution is -0.138. The van der Waals surface area contributed by atoms with Crippen molar-refractivity contribution < 1.29 is 9.53 Å². The molecule has 0 aliphatic carbocycles. The van der Waals surface area contributed by atoms with E-state index in [1.165, 1.54) is 5.75 Å². The summed E-state index contributed by atoms with van der Waals surface area (Å²) in [6.07, 6.45) is 2.91. The van der Waals surface area contributed by atoms with Gasteiger partial charge in [-0.2, -0.15) is 11.8 Å². The van der Waals surface area contributed by atoms with Gasteiger partial charge in [-0.3, -0.25) is 4.79 Å². The van der Waals surface area contributed by atoms with Crippen molar-refractivity contribution in [1.82, 2.24) is 0 Å². The predicted octanol–water partition coefficient (Wildman–Crippen LogP) is 2.09. The summed E-state index contributed by atoms with van der Waals surface area (Å²) in [5, 5.41) is 0. The summed E-state index contributed by atoms with van der Waals surface area (Å²) < 4.78 is 5.98. The van der Waals surface area contributed by atoms with Crippen LogP contribution in [0.1, 0.15) is 33.1 Å². The molecule has 0 bridgehead atoms. The number of Topliss-reactive ketones (excluding diaryl/α,β-unsaturated/α-hetero) is 1. The first kappa shape index (κ1) is 14.4. The summed E-state index contributed by atoms with van der Waals surface area (Å²) in [6.45, 7) is 5.41. The molecule has 2 N–H and O–H groups in total. The lowest BCUT2D eigenvalue weighted by Gasteiger charge is -2.38. The van der Waals surface area contributed by atoms with Crippen LogP contribution in [0, 0.1) is 17.8 Å². The molecule has 0 amide bonds. The first-order chi connectivity index (χ1) is 8.58. The maximum atomic E-state index is 12.6. The van der Waals surface area contributed by atoms with E-state index in [1.807, 2.05) is 11.8 Å². The fourth-order valence-electron chi connectivity index (χ4n) is 3.15. The fourth-order valence-corrected chi connectivity index (χ4v) is 4.53. The van der Waals surface area contributed by atoms with Crippen molar-refractivity contribution in [3.8, 4) is 0 Å². The Labute approximate surface area is 114 Å². The molecule has 3 unspecified atom stereocenters. The van der Waals surface area contributed by atoms with E-state index >= 15 is 0 Å². The Hall–Kier alpha value is -0.0600. The van der Waals surface area contributed by atoms with Gasteiger partial charge in [0.2, 0.25) is 0 Å². The molecular formula is C14H25NO2S. The number of carbonyl (C=O) groups is 1. The average molecular weight is 271 g/mol. The Balaban J connectivity index is 2.02. The lowest BCUT2D eigenvalue weighted by atomic mass is 9.77. The molecular weight excluding hydrogens is 246 g/mol. The van der Waals surface area contributed by atoms with Crippen LogP contribution in [0.25, 0.3) is 0 Å². The molecule has 2 aliphatic heterocycles. The number of ketones is 1. The second-order valence-corrected chi connectivity index (χ2v) is 7.12. The summed E-state index contributed by atoms with van der Waals surface area (Å²) in [6, 6.07) is 0. The Kier molecular flexibility index (Phi) is 4.73. The predicted molar refractivity (Wildman–Crippen MR) is 75.7 cm³/mol. The van der Waals surface area contributed by atoms with E-state index in [-0.39, 0.29) is 17.4 Å². The summed E-state index contributed by atoms with van der Waals surface area (Å²) in [4.78, 5) is 12.6. The van der Waals surface area contributed by atoms with Gasteiger partial charge in [-0.15, -0.1) is 0 Å². The van der Waals surface area contributed by atoms with Gasteiger partial charge in [0.05, 0.1) is 5.60 Å². The molecule has 3 nitrogen and oxygen atoms in total. The van der Waals surface area contributed by atoms with E-state index in [0.717, 1.165) is 31.6 Å². The molecule has 2 heterocycles. The number of carbonyl (C=O) groups excluding carboxylic acids is 1. The van der Waals surface area contributed by atoms with Crippen molar-refractivity contribution in [2.75, 3.05) is 24.7 Å². The molecule has 0 saturated carbocycles. The zero-order valence-corrected chi connectivity index (χ0v) is 12.3. The molecule has 18 heavy (non-hydrogen) atoms. The highest BCUT2D eigenvalue weighted by atomic mass is 32.2. The van der Waals surface area contributed by atoms with Crippen molar-refractivity contribution in [3.63, 3.8) is 0 Å². The summed E-state index contributed by atoms with van der Waals surface area (Å²) >= 11 is 1.95. The van der Waals surface area contributed by atoms with Crippen molar-refractivity contribution in [1.29, 1.82) is 0 Å². The van der Waals surface area contributed by atoms with E-state index in [9.17, 15) is 4.79 Å². The van der Waals surface area contributed by atoms with Gasteiger partial charge in [0.25, 0.3) is 0 Å². The number of thioether (sulfide) groups is 1. The normalized spacial score (nSPS) is 34.1. The molecule has 0 aromatic carbocycles. The molecule has 0 aromatic heterocycles. The molecule has 2 fully saturated rings. The number of ether oxygens (including phenoxy) is 1. The quantitative estimate of drug-likeness (QED) is 0.850. The van der Waals surface area contributed by atoms with Gasteiger partial charge in [0.1, 0.15) is 5.78 Å². The maximum absolute atomic E-state index is 12.6. The van der Waals surface area contributed by atoms with Gasteiger partial charge >= 0.3 is 0 Å².